The minimum Gasteiger partial charge on any atom is -0.497 e. The second-order valence-electron chi connectivity index (χ2n) is 7.51. The normalized spacial score (nSPS) is 10.7. The molecule has 3 aromatic rings. The minimum absolute atomic E-state index is 0.0952. The van der Waals surface area contributed by atoms with Crippen molar-refractivity contribution in [3.8, 4) is 5.75 Å². The summed E-state index contributed by atoms with van der Waals surface area (Å²) in [5.41, 5.74) is 3.67. The lowest BCUT2D eigenvalue weighted by Gasteiger charge is -2.09. The second kappa shape index (κ2) is 11.5. The summed E-state index contributed by atoms with van der Waals surface area (Å²) in [5.74, 6) is 1.46. The zero-order valence-corrected chi connectivity index (χ0v) is 20.2. The van der Waals surface area contributed by atoms with E-state index in [2.05, 4.69) is 20.8 Å². The van der Waals surface area contributed by atoms with Gasteiger partial charge in [-0.25, -0.2) is 0 Å². The molecule has 0 radical (unpaired) electrons. The lowest BCUT2D eigenvalue weighted by Crippen LogP contribution is -2.26. The summed E-state index contributed by atoms with van der Waals surface area (Å²) in [4.78, 5) is 24.7. The molecule has 0 aliphatic rings. The van der Waals surface area contributed by atoms with Crippen molar-refractivity contribution in [3.63, 3.8) is 0 Å². The number of benzene rings is 2. The average molecular weight is 468 g/mol. The fourth-order valence-corrected chi connectivity index (χ4v) is 4.03. The third-order valence-electron chi connectivity index (χ3n) is 5.22. The summed E-state index contributed by atoms with van der Waals surface area (Å²) >= 11 is 1.35. The van der Waals surface area contributed by atoms with Gasteiger partial charge in [0.1, 0.15) is 11.6 Å². The molecule has 0 fully saturated rings. The van der Waals surface area contributed by atoms with E-state index in [1.807, 2.05) is 43.5 Å². The van der Waals surface area contributed by atoms with Crippen LogP contribution in [0.1, 0.15) is 34.2 Å². The molecule has 1 aromatic heterocycles. The molecule has 2 aromatic carbocycles. The quantitative estimate of drug-likeness (QED) is 0.442. The number of aromatic nitrogens is 3. The van der Waals surface area contributed by atoms with Gasteiger partial charge < -0.3 is 19.9 Å². The molecule has 0 bridgehead atoms. The number of hydrogen-bond donors (Lipinski definition) is 2. The fraction of sp³-hybridized carbons (Fsp3) is 0.333. The van der Waals surface area contributed by atoms with Crippen LogP contribution in [0, 0.1) is 13.8 Å². The van der Waals surface area contributed by atoms with Crippen LogP contribution in [0.3, 0.4) is 0 Å². The predicted molar refractivity (Wildman–Crippen MR) is 130 cm³/mol. The molecule has 2 amide bonds. The van der Waals surface area contributed by atoms with E-state index in [0.29, 0.717) is 36.0 Å². The lowest BCUT2D eigenvalue weighted by atomic mass is 10.1. The summed E-state index contributed by atoms with van der Waals surface area (Å²) in [6.45, 7) is 7.17. The fourth-order valence-electron chi connectivity index (χ4n) is 3.21. The van der Waals surface area contributed by atoms with E-state index in [4.69, 9.17) is 4.74 Å². The van der Waals surface area contributed by atoms with Crippen LogP contribution in [0.25, 0.3) is 0 Å². The molecule has 9 heteroatoms. The maximum absolute atomic E-state index is 12.4. The average Bonchev–Trinajstić information content (AvgIpc) is 3.21. The van der Waals surface area contributed by atoms with Crippen LogP contribution in [0.2, 0.25) is 0 Å². The van der Waals surface area contributed by atoms with Crippen molar-refractivity contribution in [3.05, 3.63) is 65.0 Å². The molecule has 0 saturated heterocycles. The number of methoxy groups -OCH3 is 1. The first-order chi connectivity index (χ1) is 15.9. The number of anilines is 1. The molecular formula is C24H29N5O3S. The van der Waals surface area contributed by atoms with Crippen molar-refractivity contribution in [2.45, 2.75) is 38.9 Å². The SMILES string of the molecule is CCn1c(CCNC(=O)c2ccc(OC)cc2)nnc1SCC(=O)Nc1ccc(C)c(C)c1. The Balaban J connectivity index is 1.50. The van der Waals surface area contributed by atoms with Crippen molar-refractivity contribution in [2.75, 3.05) is 24.7 Å². The highest BCUT2D eigenvalue weighted by Crippen LogP contribution is 2.19. The van der Waals surface area contributed by atoms with Gasteiger partial charge in [0.25, 0.3) is 5.91 Å². The smallest absolute Gasteiger partial charge is 0.251 e. The Hall–Kier alpha value is -3.33. The summed E-state index contributed by atoms with van der Waals surface area (Å²) in [5, 5.41) is 15.0. The Labute approximate surface area is 198 Å². The van der Waals surface area contributed by atoms with Crippen molar-refractivity contribution < 1.29 is 14.3 Å². The number of thioether (sulfide) groups is 1. The third kappa shape index (κ3) is 6.58. The molecule has 2 N–H and O–H groups in total. The van der Waals surface area contributed by atoms with E-state index in [-0.39, 0.29) is 17.6 Å². The van der Waals surface area contributed by atoms with Crippen LogP contribution in [0.5, 0.6) is 5.75 Å². The van der Waals surface area contributed by atoms with E-state index < -0.39 is 0 Å². The summed E-state index contributed by atoms with van der Waals surface area (Å²) in [6.07, 6.45) is 0.540. The molecule has 1 heterocycles. The number of ether oxygens (including phenoxy) is 1. The number of amides is 2. The van der Waals surface area contributed by atoms with Gasteiger partial charge in [-0.3, -0.25) is 9.59 Å². The minimum atomic E-state index is -0.155. The number of rotatable bonds is 10. The predicted octanol–water partition coefficient (Wildman–Crippen LogP) is 3.63. The Morgan fingerprint density at radius 3 is 2.48 bits per heavy atom. The topological polar surface area (TPSA) is 98.1 Å². The molecule has 0 spiro atoms. The Morgan fingerprint density at radius 2 is 1.82 bits per heavy atom. The Kier molecular flexibility index (Phi) is 8.48. The highest BCUT2D eigenvalue weighted by Gasteiger charge is 2.14. The Bertz CT molecular complexity index is 1110. The molecule has 0 atom stereocenters. The van der Waals surface area contributed by atoms with Gasteiger partial charge in [0.05, 0.1) is 12.9 Å². The van der Waals surface area contributed by atoms with Gasteiger partial charge in [-0.15, -0.1) is 10.2 Å². The number of carbonyl (C=O) groups is 2. The van der Waals surface area contributed by atoms with Gasteiger partial charge in [-0.05, 0) is 68.3 Å². The largest absolute Gasteiger partial charge is 0.497 e. The van der Waals surface area contributed by atoms with Crippen molar-refractivity contribution in [1.29, 1.82) is 0 Å². The molecule has 0 unspecified atom stereocenters. The van der Waals surface area contributed by atoms with Crippen LogP contribution in [0.15, 0.2) is 47.6 Å². The van der Waals surface area contributed by atoms with Crippen LogP contribution >= 0.6 is 11.8 Å². The Morgan fingerprint density at radius 1 is 1.06 bits per heavy atom. The van der Waals surface area contributed by atoms with Gasteiger partial charge in [-0.1, -0.05) is 17.8 Å². The number of carbonyl (C=O) groups excluding carboxylic acids is 2. The molecule has 8 nitrogen and oxygen atoms in total. The second-order valence-corrected chi connectivity index (χ2v) is 8.46. The first-order valence-corrected chi connectivity index (χ1v) is 11.7. The number of aryl methyl sites for hydroxylation is 2. The standard InChI is InChI=1S/C24H29N5O3S/c1-5-29-21(12-13-25-23(31)18-7-10-20(32-4)11-8-18)27-28-24(29)33-15-22(30)26-19-9-6-16(2)17(3)14-19/h6-11,14H,5,12-13,15H2,1-4H3,(H,25,31)(H,26,30). The third-order valence-corrected chi connectivity index (χ3v) is 6.19. The molecular weight excluding hydrogens is 438 g/mol. The molecule has 33 heavy (non-hydrogen) atoms. The number of nitrogens with one attached hydrogen (secondary N) is 2. The van der Waals surface area contributed by atoms with E-state index in [9.17, 15) is 9.59 Å². The van der Waals surface area contributed by atoms with E-state index in [1.54, 1.807) is 31.4 Å². The summed E-state index contributed by atoms with van der Waals surface area (Å²) in [6, 6.07) is 12.8. The first kappa shape index (κ1) is 24.3. The molecule has 174 valence electrons. The molecule has 0 saturated carbocycles. The summed E-state index contributed by atoms with van der Waals surface area (Å²) < 4.78 is 7.08. The molecule has 0 aliphatic carbocycles. The highest BCUT2D eigenvalue weighted by molar-refractivity contribution is 7.99. The number of nitrogens with zero attached hydrogens (tertiary/aromatic N) is 3. The molecule has 0 aliphatic heterocycles. The van der Waals surface area contributed by atoms with Crippen molar-refractivity contribution >= 4 is 29.3 Å². The van der Waals surface area contributed by atoms with E-state index in [0.717, 1.165) is 17.1 Å². The van der Waals surface area contributed by atoms with Crippen LogP contribution in [-0.4, -0.2) is 46.0 Å². The van der Waals surface area contributed by atoms with Crippen LogP contribution < -0.4 is 15.4 Å². The zero-order chi connectivity index (χ0) is 23.8. The van der Waals surface area contributed by atoms with Crippen LogP contribution in [0.4, 0.5) is 5.69 Å². The first-order valence-electron chi connectivity index (χ1n) is 10.8. The van der Waals surface area contributed by atoms with Crippen molar-refractivity contribution in [1.82, 2.24) is 20.1 Å². The maximum Gasteiger partial charge on any atom is 0.251 e. The van der Waals surface area contributed by atoms with Gasteiger partial charge in [0.2, 0.25) is 5.91 Å². The van der Waals surface area contributed by atoms with Crippen molar-refractivity contribution in [2.24, 2.45) is 0 Å². The van der Waals surface area contributed by atoms with E-state index >= 15 is 0 Å². The van der Waals surface area contributed by atoms with Gasteiger partial charge >= 0.3 is 0 Å². The van der Waals surface area contributed by atoms with Crippen LogP contribution in [-0.2, 0) is 17.8 Å². The number of hydrogen-bond acceptors (Lipinski definition) is 6. The zero-order valence-electron chi connectivity index (χ0n) is 19.3. The lowest BCUT2D eigenvalue weighted by molar-refractivity contribution is -0.113. The van der Waals surface area contributed by atoms with Gasteiger partial charge in [0, 0.05) is 30.8 Å². The van der Waals surface area contributed by atoms with Gasteiger partial charge in [0.15, 0.2) is 5.16 Å². The maximum atomic E-state index is 12.4. The summed E-state index contributed by atoms with van der Waals surface area (Å²) in [7, 11) is 1.59. The van der Waals surface area contributed by atoms with E-state index in [1.165, 1.54) is 17.3 Å². The highest BCUT2D eigenvalue weighted by atomic mass is 32.2. The van der Waals surface area contributed by atoms with Gasteiger partial charge in [-0.2, -0.15) is 0 Å². The monoisotopic (exact) mass is 467 g/mol. The molecule has 3 rings (SSSR count).